The SMILES string of the molecule is Cc1ccc(-n2nc(C(C)(C)C)cc2NC(=O)Nc2ccc(CC3CC4CCC(C3)N4S(=O)(=O)c3ccc(N4CCOCC4)nc3)cc2)cc1. The molecular formula is C38H47N7O4S. The van der Waals surface area contributed by atoms with E-state index in [0.29, 0.717) is 30.6 Å². The van der Waals surface area contributed by atoms with Crippen LogP contribution in [-0.4, -0.2) is 71.9 Å². The predicted molar refractivity (Wildman–Crippen MR) is 196 cm³/mol. The van der Waals surface area contributed by atoms with Crippen LogP contribution in [0.3, 0.4) is 0 Å². The van der Waals surface area contributed by atoms with E-state index < -0.39 is 10.0 Å². The number of carbonyl (C=O) groups excluding carboxylic acids is 1. The fourth-order valence-electron chi connectivity index (χ4n) is 7.49. The van der Waals surface area contributed by atoms with Crippen molar-refractivity contribution < 1.29 is 17.9 Å². The summed E-state index contributed by atoms with van der Waals surface area (Å²) in [7, 11) is -3.63. The minimum atomic E-state index is -3.63. The first-order valence-electron chi connectivity index (χ1n) is 17.6. The lowest BCUT2D eigenvalue weighted by Gasteiger charge is -2.38. The van der Waals surface area contributed by atoms with Gasteiger partial charge in [-0.2, -0.15) is 9.40 Å². The number of anilines is 3. The number of pyridine rings is 1. The Hall–Kier alpha value is -4.26. The maximum atomic E-state index is 13.8. The van der Waals surface area contributed by atoms with Gasteiger partial charge in [-0.3, -0.25) is 5.32 Å². The molecule has 11 nitrogen and oxygen atoms in total. The van der Waals surface area contributed by atoms with E-state index in [9.17, 15) is 13.2 Å². The topological polar surface area (TPSA) is 122 Å². The van der Waals surface area contributed by atoms with Crippen molar-refractivity contribution >= 4 is 33.4 Å². The molecule has 2 aromatic carbocycles. The summed E-state index contributed by atoms with van der Waals surface area (Å²) < 4.78 is 36.6. The van der Waals surface area contributed by atoms with E-state index in [2.05, 4.69) is 53.4 Å². The lowest BCUT2D eigenvalue weighted by molar-refractivity contribution is 0.122. The van der Waals surface area contributed by atoms with Gasteiger partial charge >= 0.3 is 6.03 Å². The number of morpholine rings is 1. The number of benzene rings is 2. The Morgan fingerprint density at radius 2 is 1.60 bits per heavy atom. The second-order valence-corrected chi connectivity index (χ2v) is 16.7. The number of hydrogen-bond acceptors (Lipinski definition) is 7. The minimum absolute atomic E-state index is 0.000508. The molecule has 0 aliphatic carbocycles. The van der Waals surface area contributed by atoms with Gasteiger partial charge in [-0.15, -0.1) is 0 Å². The van der Waals surface area contributed by atoms with Gasteiger partial charge in [0.05, 0.1) is 24.6 Å². The molecular weight excluding hydrogens is 651 g/mol. The van der Waals surface area contributed by atoms with Crippen molar-refractivity contribution in [2.24, 2.45) is 5.92 Å². The molecule has 3 aliphatic rings. The average Bonchev–Trinajstić information content (AvgIpc) is 3.65. The van der Waals surface area contributed by atoms with Crippen LogP contribution in [0.5, 0.6) is 0 Å². The molecule has 2 amide bonds. The number of piperidine rings is 1. The van der Waals surface area contributed by atoms with Gasteiger partial charge in [0, 0.05) is 48.5 Å². The Morgan fingerprint density at radius 3 is 2.22 bits per heavy atom. The molecule has 0 radical (unpaired) electrons. The average molecular weight is 698 g/mol. The van der Waals surface area contributed by atoms with E-state index in [1.807, 2.05) is 55.5 Å². The highest BCUT2D eigenvalue weighted by molar-refractivity contribution is 7.89. The number of ether oxygens (including phenoxy) is 1. The largest absolute Gasteiger partial charge is 0.378 e. The van der Waals surface area contributed by atoms with Gasteiger partial charge in [-0.1, -0.05) is 50.6 Å². The van der Waals surface area contributed by atoms with E-state index in [0.717, 1.165) is 68.0 Å². The number of hydrogen-bond donors (Lipinski definition) is 2. The van der Waals surface area contributed by atoms with Crippen LogP contribution in [-0.2, 0) is 26.6 Å². The summed E-state index contributed by atoms with van der Waals surface area (Å²) in [6.45, 7) is 11.1. The smallest absolute Gasteiger partial charge is 0.324 e. The number of nitrogens with one attached hydrogen (secondary N) is 2. The lowest BCUT2D eigenvalue weighted by atomic mass is 9.87. The quantitative estimate of drug-likeness (QED) is 0.215. The summed E-state index contributed by atoms with van der Waals surface area (Å²) in [5, 5.41) is 10.8. The molecule has 3 saturated heterocycles. The second-order valence-electron chi connectivity index (χ2n) is 14.9. The van der Waals surface area contributed by atoms with Crippen LogP contribution in [0.4, 0.5) is 22.1 Å². The molecule has 2 N–H and O–H groups in total. The summed E-state index contributed by atoms with van der Waals surface area (Å²) >= 11 is 0. The second kappa shape index (κ2) is 13.8. The molecule has 12 heteroatoms. The first kappa shape index (κ1) is 34.2. The number of sulfonamides is 1. The Morgan fingerprint density at radius 1 is 0.920 bits per heavy atom. The first-order chi connectivity index (χ1) is 23.9. The third kappa shape index (κ3) is 7.28. The number of nitrogens with zero attached hydrogens (tertiary/aromatic N) is 5. The number of urea groups is 1. The maximum absolute atomic E-state index is 13.8. The third-order valence-electron chi connectivity index (χ3n) is 10.1. The van der Waals surface area contributed by atoms with E-state index in [1.54, 1.807) is 15.1 Å². The number of rotatable bonds is 8. The molecule has 2 bridgehead atoms. The number of fused-ring (bicyclic) bond motifs is 2. The van der Waals surface area contributed by atoms with Crippen LogP contribution in [0.2, 0.25) is 0 Å². The molecule has 2 unspecified atom stereocenters. The molecule has 4 aromatic rings. The van der Waals surface area contributed by atoms with Crippen LogP contribution < -0.4 is 15.5 Å². The molecule has 2 atom stereocenters. The summed E-state index contributed by atoms with van der Waals surface area (Å²) in [6, 6.07) is 21.1. The van der Waals surface area contributed by atoms with E-state index in [-0.39, 0.29) is 28.4 Å². The molecule has 0 saturated carbocycles. The number of aryl methyl sites for hydroxylation is 1. The number of aromatic nitrogens is 3. The van der Waals surface area contributed by atoms with Gasteiger partial charge in [0.1, 0.15) is 16.5 Å². The molecule has 5 heterocycles. The Bertz CT molecular complexity index is 1900. The van der Waals surface area contributed by atoms with Gasteiger partial charge < -0.3 is 15.0 Å². The highest BCUT2D eigenvalue weighted by Crippen LogP contribution is 2.43. The molecule has 2 aromatic heterocycles. The molecule has 3 fully saturated rings. The van der Waals surface area contributed by atoms with Gasteiger partial charge in [0.25, 0.3) is 0 Å². The van der Waals surface area contributed by atoms with Crippen molar-refractivity contribution in [1.82, 2.24) is 19.1 Å². The fraction of sp³-hybridized carbons (Fsp3) is 0.447. The number of amides is 2. The van der Waals surface area contributed by atoms with Crippen LogP contribution in [0.25, 0.3) is 5.69 Å². The Kier molecular flexibility index (Phi) is 9.44. The van der Waals surface area contributed by atoms with Crippen LogP contribution in [0.15, 0.2) is 77.8 Å². The van der Waals surface area contributed by atoms with Crippen molar-refractivity contribution in [1.29, 1.82) is 0 Å². The normalized spacial score (nSPS) is 21.3. The van der Waals surface area contributed by atoms with Crippen molar-refractivity contribution in [2.45, 2.75) is 82.2 Å². The lowest BCUT2D eigenvalue weighted by Crippen LogP contribution is -2.46. The molecule has 264 valence electrons. The molecule has 0 spiro atoms. The zero-order valence-corrected chi connectivity index (χ0v) is 30.1. The Balaban J connectivity index is 0.959. The van der Waals surface area contributed by atoms with Crippen LogP contribution >= 0.6 is 0 Å². The highest BCUT2D eigenvalue weighted by Gasteiger charge is 2.47. The van der Waals surface area contributed by atoms with Gasteiger partial charge in [0.2, 0.25) is 10.0 Å². The van der Waals surface area contributed by atoms with Crippen molar-refractivity contribution in [3.63, 3.8) is 0 Å². The van der Waals surface area contributed by atoms with Gasteiger partial charge in [-0.05, 0) is 86.9 Å². The summed E-state index contributed by atoms with van der Waals surface area (Å²) in [6.07, 6.45) is 5.83. The predicted octanol–water partition coefficient (Wildman–Crippen LogP) is 6.53. The first-order valence-corrected chi connectivity index (χ1v) is 19.0. The van der Waals surface area contributed by atoms with Gasteiger partial charge in [0.15, 0.2) is 0 Å². The third-order valence-corrected chi connectivity index (χ3v) is 12.1. The van der Waals surface area contributed by atoms with E-state index in [4.69, 9.17) is 9.84 Å². The van der Waals surface area contributed by atoms with E-state index >= 15 is 0 Å². The maximum Gasteiger partial charge on any atom is 0.324 e. The van der Waals surface area contributed by atoms with E-state index in [1.165, 1.54) is 11.8 Å². The summed E-state index contributed by atoms with van der Waals surface area (Å²) in [5.41, 5.74) is 4.58. The molecule has 50 heavy (non-hydrogen) atoms. The monoisotopic (exact) mass is 697 g/mol. The molecule has 7 rings (SSSR count). The summed E-state index contributed by atoms with van der Waals surface area (Å²) in [4.78, 5) is 20.0. The zero-order valence-electron chi connectivity index (χ0n) is 29.3. The summed E-state index contributed by atoms with van der Waals surface area (Å²) in [5.74, 6) is 1.77. The van der Waals surface area contributed by atoms with Gasteiger partial charge in [-0.25, -0.2) is 22.9 Å². The van der Waals surface area contributed by atoms with Crippen LogP contribution in [0, 0.1) is 12.8 Å². The van der Waals surface area contributed by atoms with Crippen molar-refractivity contribution in [3.8, 4) is 5.69 Å². The zero-order chi connectivity index (χ0) is 35.0. The van der Waals surface area contributed by atoms with Crippen LogP contribution in [0.1, 0.15) is 63.3 Å². The minimum Gasteiger partial charge on any atom is -0.378 e. The Labute approximate surface area is 295 Å². The highest BCUT2D eigenvalue weighted by atomic mass is 32.2. The number of carbonyl (C=O) groups is 1. The van der Waals surface area contributed by atoms with Crippen molar-refractivity contribution in [3.05, 3.63) is 89.7 Å². The fourth-order valence-corrected chi connectivity index (χ4v) is 9.33. The molecule has 3 aliphatic heterocycles. The standard InChI is InChI=1S/C38H47N7O4S/c1-26-5-11-30(12-6-26)44-36(24-34(42-44)38(2,3)4)41-37(46)40-29-9-7-27(8-10-29)21-28-22-31-13-14-32(23-28)45(31)50(47,48)33-15-16-35(39-25-33)43-17-19-49-20-18-43/h5-12,15-16,24-25,28,31-32H,13-14,17-23H2,1-4H3,(H2,40,41,46). The van der Waals surface area contributed by atoms with Crippen molar-refractivity contribution in [2.75, 3.05) is 41.8 Å².